The average molecular weight is 377 g/mol. The smallest absolute Gasteiger partial charge is 0.00739 e. The Kier molecular flexibility index (Phi) is 5.36. The molecule has 3 aromatic carbocycles. The van der Waals surface area contributed by atoms with Gasteiger partial charge in [-0.25, -0.2) is 0 Å². The fourth-order valence-electron chi connectivity index (χ4n) is 4.27. The van der Waals surface area contributed by atoms with Crippen molar-refractivity contribution in [3.05, 3.63) is 131 Å². The molecule has 0 spiro atoms. The maximum atomic E-state index is 4.45. The molecule has 0 aliphatic heterocycles. The molecule has 1 unspecified atom stereocenters. The lowest BCUT2D eigenvalue weighted by Crippen LogP contribution is -2.11. The SMILES string of the molecule is C=C(C1=CC(Cc2cccc(C)c2)c2ccccc2C1=C)c1ccc(CC)cc1. The van der Waals surface area contributed by atoms with E-state index in [1.807, 2.05) is 0 Å². The molecule has 0 aromatic heterocycles. The molecule has 0 N–H and O–H groups in total. The Morgan fingerprint density at radius 2 is 1.66 bits per heavy atom. The van der Waals surface area contributed by atoms with E-state index >= 15 is 0 Å². The minimum Gasteiger partial charge on any atom is -0.0905 e. The molecule has 0 radical (unpaired) electrons. The summed E-state index contributed by atoms with van der Waals surface area (Å²) < 4.78 is 0. The Labute approximate surface area is 174 Å². The minimum absolute atomic E-state index is 0.320. The third kappa shape index (κ3) is 3.89. The van der Waals surface area contributed by atoms with Crippen LogP contribution in [0.25, 0.3) is 11.1 Å². The lowest BCUT2D eigenvalue weighted by molar-refractivity contribution is 0.823. The van der Waals surface area contributed by atoms with Gasteiger partial charge in [0.15, 0.2) is 0 Å². The van der Waals surface area contributed by atoms with Crippen LogP contribution < -0.4 is 0 Å². The predicted octanol–water partition coefficient (Wildman–Crippen LogP) is 7.55. The van der Waals surface area contributed by atoms with Crippen molar-refractivity contribution in [2.75, 3.05) is 0 Å². The van der Waals surface area contributed by atoms with Gasteiger partial charge in [-0.05, 0) is 64.3 Å². The fraction of sp³-hybridized carbons (Fsp3) is 0.172. The standard InChI is InChI=1S/C29H28/c1-5-23-13-15-25(16-14-23)21(3)29-19-26(18-24-10-8-9-20(2)17-24)28-12-7-6-11-27(28)22(29)4/h6-17,19,26H,3-5,18H2,1-2H3. The number of aryl methyl sites for hydroxylation is 2. The maximum Gasteiger partial charge on any atom is 0.00739 e. The van der Waals surface area contributed by atoms with E-state index in [1.54, 1.807) is 0 Å². The van der Waals surface area contributed by atoms with Gasteiger partial charge in [0.1, 0.15) is 0 Å². The van der Waals surface area contributed by atoms with Crippen LogP contribution in [0.2, 0.25) is 0 Å². The molecule has 1 atom stereocenters. The first-order chi connectivity index (χ1) is 14.1. The second-order valence-corrected chi connectivity index (χ2v) is 7.97. The monoisotopic (exact) mass is 376 g/mol. The van der Waals surface area contributed by atoms with E-state index in [2.05, 4.69) is 106 Å². The topological polar surface area (TPSA) is 0 Å². The Balaban J connectivity index is 1.73. The van der Waals surface area contributed by atoms with E-state index in [1.165, 1.54) is 39.0 Å². The van der Waals surface area contributed by atoms with Gasteiger partial charge in [-0.1, -0.05) is 105 Å². The Hall–Kier alpha value is -3.12. The molecule has 3 aromatic rings. The van der Waals surface area contributed by atoms with Gasteiger partial charge in [-0.2, -0.15) is 0 Å². The first-order valence-corrected chi connectivity index (χ1v) is 10.4. The van der Waals surface area contributed by atoms with Crippen molar-refractivity contribution >= 4 is 11.1 Å². The van der Waals surface area contributed by atoms with Crippen molar-refractivity contribution < 1.29 is 0 Å². The van der Waals surface area contributed by atoms with Crippen molar-refractivity contribution in [3.8, 4) is 0 Å². The van der Waals surface area contributed by atoms with Gasteiger partial charge in [0.2, 0.25) is 0 Å². The highest BCUT2D eigenvalue weighted by Gasteiger charge is 2.24. The van der Waals surface area contributed by atoms with Crippen molar-refractivity contribution in [1.29, 1.82) is 0 Å². The molecule has 0 bridgehead atoms. The van der Waals surface area contributed by atoms with Crippen LogP contribution in [-0.4, -0.2) is 0 Å². The molecule has 0 nitrogen and oxygen atoms in total. The molecule has 1 aliphatic carbocycles. The largest absolute Gasteiger partial charge is 0.0905 e. The van der Waals surface area contributed by atoms with Gasteiger partial charge in [0, 0.05) is 5.92 Å². The van der Waals surface area contributed by atoms with Crippen molar-refractivity contribution in [2.24, 2.45) is 0 Å². The van der Waals surface area contributed by atoms with E-state index in [9.17, 15) is 0 Å². The molecule has 0 fully saturated rings. The molecule has 0 heteroatoms. The van der Waals surface area contributed by atoms with Gasteiger partial charge in [0.25, 0.3) is 0 Å². The van der Waals surface area contributed by atoms with Gasteiger partial charge < -0.3 is 0 Å². The summed E-state index contributed by atoms with van der Waals surface area (Å²) in [5.74, 6) is 0.320. The van der Waals surface area contributed by atoms with Crippen LogP contribution in [0.5, 0.6) is 0 Å². The quantitative estimate of drug-likeness (QED) is 0.431. The number of hydrogen-bond acceptors (Lipinski definition) is 0. The molecular formula is C29H28. The zero-order valence-electron chi connectivity index (χ0n) is 17.4. The van der Waals surface area contributed by atoms with Gasteiger partial charge in [-0.15, -0.1) is 0 Å². The van der Waals surface area contributed by atoms with Crippen LogP contribution in [0.4, 0.5) is 0 Å². The van der Waals surface area contributed by atoms with Crippen LogP contribution >= 0.6 is 0 Å². The highest BCUT2D eigenvalue weighted by Crippen LogP contribution is 2.43. The van der Waals surface area contributed by atoms with E-state index < -0.39 is 0 Å². The number of allylic oxidation sites excluding steroid dienone is 4. The number of benzene rings is 3. The number of fused-ring (bicyclic) bond motifs is 1. The first kappa shape index (κ1) is 19.2. The van der Waals surface area contributed by atoms with Gasteiger partial charge in [-0.3, -0.25) is 0 Å². The predicted molar refractivity (Wildman–Crippen MR) is 126 cm³/mol. The van der Waals surface area contributed by atoms with E-state index in [-0.39, 0.29) is 0 Å². The summed E-state index contributed by atoms with van der Waals surface area (Å²) in [5, 5.41) is 0. The third-order valence-corrected chi connectivity index (χ3v) is 5.95. The Morgan fingerprint density at radius 3 is 2.38 bits per heavy atom. The number of rotatable bonds is 5. The highest BCUT2D eigenvalue weighted by atomic mass is 14.3. The summed E-state index contributed by atoms with van der Waals surface area (Å²) >= 11 is 0. The Morgan fingerprint density at radius 1 is 0.897 bits per heavy atom. The molecule has 144 valence electrons. The van der Waals surface area contributed by atoms with Gasteiger partial charge >= 0.3 is 0 Å². The van der Waals surface area contributed by atoms with E-state index in [0.717, 1.165) is 24.0 Å². The maximum absolute atomic E-state index is 4.45. The third-order valence-electron chi connectivity index (χ3n) is 5.95. The normalized spacial score (nSPS) is 15.6. The lowest BCUT2D eigenvalue weighted by atomic mass is 9.76. The summed E-state index contributed by atoms with van der Waals surface area (Å²) in [4.78, 5) is 0. The van der Waals surface area contributed by atoms with Crippen LogP contribution in [0, 0.1) is 6.92 Å². The molecule has 1 aliphatic rings. The summed E-state index contributed by atoms with van der Waals surface area (Å²) in [6.45, 7) is 13.2. The average Bonchev–Trinajstić information content (AvgIpc) is 2.75. The van der Waals surface area contributed by atoms with Crippen LogP contribution in [0.3, 0.4) is 0 Å². The molecule has 0 heterocycles. The second kappa shape index (κ2) is 8.09. The molecular weight excluding hydrogens is 348 g/mol. The zero-order valence-corrected chi connectivity index (χ0v) is 17.4. The van der Waals surface area contributed by atoms with Crippen LogP contribution in [-0.2, 0) is 12.8 Å². The molecule has 4 rings (SSSR count). The minimum atomic E-state index is 0.320. The second-order valence-electron chi connectivity index (χ2n) is 7.97. The van der Waals surface area contributed by atoms with Gasteiger partial charge in [0.05, 0.1) is 0 Å². The molecule has 0 saturated carbocycles. The number of hydrogen-bond donors (Lipinski definition) is 0. The van der Waals surface area contributed by atoms with E-state index in [4.69, 9.17) is 0 Å². The summed E-state index contributed by atoms with van der Waals surface area (Å²) in [6.07, 6.45) is 4.41. The van der Waals surface area contributed by atoms with Crippen LogP contribution in [0.1, 0.15) is 46.2 Å². The summed E-state index contributed by atoms with van der Waals surface area (Å²) in [6, 6.07) is 26.3. The van der Waals surface area contributed by atoms with Crippen molar-refractivity contribution in [2.45, 2.75) is 32.6 Å². The van der Waals surface area contributed by atoms with Crippen LogP contribution in [0.15, 0.2) is 97.6 Å². The molecule has 0 saturated heterocycles. The highest BCUT2D eigenvalue weighted by molar-refractivity contribution is 5.98. The molecule has 29 heavy (non-hydrogen) atoms. The van der Waals surface area contributed by atoms with Crippen molar-refractivity contribution in [3.63, 3.8) is 0 Å². The fourth-order valence-corrected chi connectivity index (χ4v) is 4.27. The first-order valence-electron chi connectivity index (χ1n) is 10.4. The summed E-state index contributed by atoms with van der Waals surface area (Å²) in [5.41, 5.74) is 11.1. The Bertz CT molecular complexity index is 1090. The summed E-state index contributed by atoms with van der Waals surface area (Å²) in [7, 11) is 0. The lowest BCUT2D eigenvalue weighted by Gasteiger charge is -2.28. The van der Waals surface area contributed by atoms with Crippen molar-refractivity contribution in [1.82, 2.24) is 0 Å². The molecule has 0 amide bonds. The van der Waals surface area contributed by atoms with E-state index in [0.29, 0.717) is 5.92 Å². The zero-order chi connectivity index (χ0) is 20.4.